The van der Waals surface area contributed by atoms with E-state index in [0.29, 0.717) is 31.3 Å². The molecule has 0 aliphatic heterocycles. The molecule has 43 heavy (non-hydrogen) atoms. The zero-order chi connectivity index (χ0) is 32.6. The molecule has 0 aromatic carbocycles. The Morgan fingerprint density at radius 2 is 1.58 bits per heavy atom. The molecular formula is C33H48F6O4. The highest BCUT2D eigenvalue weighted by molar-refractivity contribution is 5.38. The number of fused-ring (bicyclic) bond motifs is 1. The van der Waals surface area contributed by atoms with Crippen LogP contribution < -0.4 is 0 Å². The Kier molecular flexibility index (Phi) is 10.5. The molecule has 3 aliphatic carbocycles. The van der Waals surface area contributed by atoms with Gasteiger partial charge in [-0.1, -0.05) is 50.6 Å². The van der Waals surface area contributed by atoms with E-state index >= 15 is 0 Å². The summed E-state index contributed by atoms with van der Waals surface area (Å²) in [6.07, 6.45) is -2.44. The van der Waals surface area contributed by atoms with Crippen molar-refractivity contribution < 1.29 is 46.8 Å². The molecule has 0 saturated heterocycles. The second-order valence-electron chi connectivity index (χ2n) is 14.3. The smallest absolute Gasteiger partial charge is 0.393 e. The fourth-order valence-corrected chi connectivity index (χ4v) is 8.04. The van der Waals surface area contributed by atoms with Gasteiger partial charge in [0.05, 0.1) is 17.8 Å². The summed E-state index contributed by atoms with van der Waals surface area (Å²) >= 11 is 0. The second kappa shape index (κ2) is 12.6. The van der Waals surface area contributed by atoms with Gasteiger partial charge in [0.15, 0.2) is 0 Å². The summed E-state index contributed by atoms with van der Waals surface area (Å²) in [6, 6.07) is 0. The molecule has 10 heteroatoms. The molecule has 3 fully saturated rings. The van der Waals surface area contributed by atoms with Crippen molar-refractivity contribution in [2.24, 2.45) is 22.7 Å². The lowest BCUT2D eigenvalue weighted by Gasteiger charge is -2.49. The van der Waals surface area contributed by atoms with Crippen LogP contribution in [0.5, 0.6) is 0 Å². The molecule has 246 valence electrons. The summed E-state index contributed by atoms with van der Waals surface area (Å²) in [7, 11) is 0. The molecule has 0 aromatic rings. The van der Waals surface area contributed by atoms with Gasteiger partial charge in [-0.05, 0) is 112 Å². The molecule has 6 atom stereocenters. The van der Waals surface area contributed by atoms with E-state index in [-0.39, 0.29) is 36.2 Å². The van der Waals surface area contributed by atoms with E-state index in [1.165, 1.54) is 5.57 Å². The number of hydrogen-bond acceptors (Lipinski definition) is 4. The Bertz CT molecular complexity index is 1080. The summed E-state index contributed by atoms with van der Waals surface area (Å²) in [4.78, 5) is 0. The van der Waals surface area contributed by atoms with Gasteiger partial charge in [-0.3, -0.25) is 0 Å². The monoisotopic (exact) mass is 622 g/mol. The van der Waals surface area contributed by atoms with Crippen molar-refractivity contribution in [1.29, 1.82) is 0 Å². The lowest BCUT2D eigenvalue weighted by Crippen LogP contribution is -2.55. The molecule has 0 radical (unpaired) electrons. The molecule has 2 unspecified atom stereocenters. The standard InChI is InChI=1S/C33H48F6O4/c1-21-23(19-24(40)20-26(21)41)11-10-22-9-6-17-30(5)25(22)12-13-27(30)29(4,15-7-14-28(2,3)42)16-8-18-31(43,32(34,35)36)33(37,38)39/h8,10-11,18,24-27,40-43H,1,6-7,9,12-17,19-20H2,2-5H3/b18-8+,22-10?,23-11-/t24-,25?,26?,27-,29-,30+/m1/s1. The SMILES string of the molecule is C=C1/C(=C\C=C2CCC[C@@]3(C)C2CC[C@@H]3[C@@](C)(C/C=C/C(O)(C(F)(F)F)C(F)(F)F)CCCC(C)(C)O)C[C@@H](O)CC1O. The van der Waals surface area contributed by atoms with Crippen LogP contribution in [0.2, 0.25) is 0 Å². The highest BCUT2D eigenvalue weighted by Crippen LogP contribution is 2.64. The maximum Gasteiger partial charge on any atom is 0.429 e. The van der Waals surface area contributed by atoms with E-state index in [0.717, 1.165) is 43.8 Å². The highest BCUT2D eigenvalue weighted by Gasteiger charge is 2.69. The lowest BCUT2D eigenvalue weighted by atomic mass is 9.55. The molecule has 0 aromatic heterocycles. The minimum atomic E-state index is -5.92. The van der Waals surface area contributed by atoms with E-state index in [4.69, 9.17) is 0 Å². The summed E-state index contributed by atoms with van der Waals surface area (Å²) in [5, 5.41) is 40.3. The van der Waals surface area contributed by atoms with Gasteiger partial charge in [-0.25, -0.2) is 0 Å². The first-order chi connectivity index (χ1) is 19.5. The largest absolute Gasteiger partial charge is 0.429 e. The first kappa shape index (κ1) is 35.9. The number of hydrogen-bond donors (Lipinski definition) is 4. The van der Waals surface area contributed by atoms with Gasteiger partial charge in [-0.2, -0.15) is 26.3 Å². The first-order valence-corrected chi connectivity index (χ1v) is 15.2. The maximum atomic E-state index is 13.4. The Balaban J connectivity index is 1.93. The van der Waals surface area contributed by atoms with Crippen molar-refractivity contribution >= 4 is 0 Å². The fourth-order valence-electron chi connectivity index (χ4n) is 8.04. The average molecular weight is 623 g/mol. The van der Waals surface area contributed by atoms with Gasteiger partial charge in [0.1, 0.15) is 0 Å². The predicted molar refractivity (Wildman–Crippen MR) is 154 cm³/mol. The minimum absolute atomic E-state index is 0.0223. The van der Waals surface area contributed by atoms with E-state index in [9.17, 15) is 46.8 Å². The Labute approximate surface area is 251 Å². The van der Waals surface area contributed by atoms with E-state index < -0.39 is 41.2 Å². The number of aliphatic hydroxyl groups is 4. The molecule has 0 amide bonds. The van der Waals surface area contributed by atoms with Crippen LogP contribution in [0.25, 0.3) is 0 Å². The van der Waals surface area contributed by atoms with Crippen LogP contribution in [0.3, 0.4) is 0 Å². The predicted octanol–water partition coefficient (Wildman–Crippen LogP) is 7.88. The van der Waals surface area contributed by atoms with Crippen LogP contribution >= 0.6 is 0 Å². The Hall–Kier alpha value is -1.62. The molecule has 0 spiro atoms. The van der Waals surface area contributed by atoms with Gasteiger partial charge in [0.25, 0.3) is 5.60 Å². The van der Waals surface area contributed by atoms with Crippen LogP contribution in [-0.2, 0) is 0 Å². The second-order valence-corrected chi connectivity index (χ2v) is 14.3. The third kappa shape index (κ3) is 7.79. The van der Waals surface area contributed by atoms with Crippen LogP contribution in [-0.4, -0.2) is 56.2 Å². The van der Waals surface area contributed by atoms with Crippen molar-refractivity contribution in [3.05, 3.63) is 47.6 Å². The average Bonchev–Trinajstić information content (AvgIpc) is 3.21. The molecule has 3 saturated carbocycles. The molecular weight excluding hydrogens is 574 g/mol. The van der Waals surface area contributed by atoms with Gasteiger partial charge in [0, 0.05) is 6.42 Å². The molecule has 4 N–H and O–H groups in total. The van der Waals surface area contributed by atoms with Gasteiger partial charge in [0.2, 0.25) is 0 Å². The molecule has 4 nitrogen and oxygen atoms in total. The van der Waals surface area contributed by atoms with Crippen LogP contribution in [0.1, 0.15) is 98.3 Å². The molecule has 3 rings (SSSR count). The Morgan fingerprint density at radius 1 is 0.953 bits per heavy atom. The van der Waals surface area contributed by atoms with E-state index in [1.807, 2.05) is 19.1 Å². The normalized spacial score (nSPS) is 32.9. The van der Waals surface area contributed by atoms with Gasteiger partial charge in [-0.15, -0.1) is 0 Å². The number of allylic oxidation sites excluding steroid dienone is 4. The number of halogens is 6. The zero-order valence-corrected chi connectivity index (χ0v) is 25.7. The zero-order valence-electron chi connectivity index (χ0n) is 25.7. The maximum absolute atomic E-state index is 13.4. The third-order valence-corrected chi connectivity index (χ3v) is 10.4. The van der Waals surface area contributed by atoms with Crippen molar-refractivity contribution in [3.8, 4) is 0 Å². The third-order valence-electron chi connectivity index (χ3n) is 10.4. The lowest BCUT2D eigenvalue weighted by molar-refractivity contribution is -0.347. The fraction of sp³-hybridized carbons (Fsp3) is 0.758. The van der Waals surface area contributed by atoms with Crippen LogP contribution in [0.4, 0.5) is 26.3 Å². The molecule has 3 aliphatic rings. The van der Waals surface area contributed by atoms with Crippen molar-refractivity contribution in [2.75, 3.05) is 0 Å². The number of alkyl halides is 6. The Morgan fingerprint density at radius 3 is 2.16 bits per heavy atom. The highest BCUT2D eigenvalue weighted by atomic mass is 19.4. The van der Waals surface area contributed by atoms with Crippen molar-refractivity contribution in [3.63, 3.8) is 0 Å². The van der Waals surface area contributed by atoms with Crippen molar-refractivity contribution in [2.45, 2.75) is 134 Å². The minimum Gasteiger partial charge on any atom is -0.393 e. The number of aliphatic hydroxyl groups excluding tert-OH is 2. The summed E-state index contributed by atoms with van der Waals surface area (Å²) in [5.41, 5.74) is -4.25. The quantitative estimate of drug-likeness (QED) is 0.156. The summed E-state index contributed by atoms with van der Waals surface area (Å²) in [5.74, 6) is 0.139. The topological polar surface area (TPSA) is 80.9 Å². The molecule has 0 heterocycles. The van der Waals surface area contributed by atoms with Gasteiger partial charge >= 0.3 is 12.4 Å². The molecule has 0 bridgehead atoms. The van der Waals surface area contributed by atoms with E-state index in [1.54, 1.807) is 13.8 Å². The van der Waals surface area contributed by atoms with E-state index in [2.05, 4.69) is 13.5 Å². The summed E-state index contributed by atoms with van der Waals surface area (Å²) < 4.78 is 80.2. The summed E-state index contributed by atoms with van der Waals surface area (Å²) in [6.45, 7) is 11.4. The van der Waals surface area contributed by atoms with Crippen molar-refractivity contribution in [1.82, 2.24) is 0 Å². The van der Waals surface area contributed by atoms with Crippen LogP contribution in [0, 0.1) is 22.7 Å². The van der Waals surface area contributed by atoms with Gasteiger partial charge < -0.3 is 20.4 Å². The first-order valence-electron chi connectivity index (χ1n) is 15.2. The number of rotatable bonds is 9. The van der Waals surface area contributed by atoms with Crippen LogP contribution in [0.15, 0.2) is 47.6 Å².